The molecule has 2 saturated heterocycles. The number of carbonyl (C=O) groups excluding carboxylic acids is 1. The summed E-state index contributed by atoms with van der Waals surface area (Å²) in [6, 6.07) is 12.5. The minimum absolute atomic E-state index is 0.0572. The molecule has 2 fully saturated rings. The third-order valence-corrected chi connectivity index (χ3v) is 7.05. The second kappa shape index (κ2) is 14.4. The maximum absolute atomic E-state index is 12.3. The Morgan fingerprint density at radius 2 is 1.45 bits per heavy atom. The molecule has 10 atom stereocenters. The van der Waals surface area contributed by atoms with Crippen molar-refractivity contribution >= 4 is 12.0 Å². The first-order chi connectivity index (χ1) is 20.0. The van der Waals surface area contributed by atoms with Crippen molar-refractivity contribution in [3.63, 3.8) is 0 Å². The lowest BCUT2D eigenvalue weighted by molar-refractivity contribution is -0.357. The van der Waals surface area contributed by atoms with Gasteiger partial charge in [0.05, 0.1) is 12.7 Å². The van der Waals surface area contributed by atoms with E-state index < -0.39 is 74.0 Å². The number of hydrogen-bond acceptors (Lipinski definition) is 13. The molecule has 10 unspecified atom stereocenters. The fourth-order valence-corrected chi connectivity index (χ4v) is 4.54. The summed E-state index contributed by atoms with van der Waals surface area (Å²) >= 11 is 0. The van der Waals surface area contributed by atoms with Crippen LogP contribution in [0.4, 0.5) is 0 Å². The first kappa shape index (κ1) is 31.8. The number of phenolic OH excluding ortho intramolecular Hbond substituents is 2. The molecular weight excluding hydrogens is 556 g/mol. The Balaban J connectivity index is 1.43. The predicted molar refractivity (Wildman–Crippen MR) is 144 cm³/mol. The van der Waals surface area contributed by atoms with E-state index in [-0.39, 0.29) is 18.1 Å². The molecule has 230 valence electrons. The van der Waals surface area contributed by atoms with E-state index in [1.54, 1.807) is 24.3 Å². The smallest absolute Gasteiger partial charge is 0.330 e. The number of benzene rings is 2. The zero-order chi connectivity index (χ0) is 30.4. The molecule has 7 N–H and O–H groups in total. The summed E-state index contributed by atoms with van der Waals surface area (Å²) in [7, 11) is 0. The highest BCUT2D eigenvalue weighted by atomic mass is 16.7. The highest BCUT2D eigenvalue weighted by Gasteiger charge is 2.50. The summed E-state index contributed by atoms with van der Waals surface area (Å²) in [5, 5.41) is 71.4. The summed E-state index contributed by atoms with van der Waals surface area (Å²) in [6.45, 7) is 1.05. The molecule has 0 radical (unpaired) electrons. The minimum atomic E-state index is -1.70. The highest BCUT2D eigenvalue weighted by molar-refractivity contribution is 5.87. The average molecular weight is 593 g/mol. The summed E-state index contributed by atoms with van der Waals surface area (Å²) in [6.07, 6.45) is -11.4. The van der Waals surface area contributed by atoms with E-state index in [0.717, 1.165) is 11.6 Å². The molecule has 2 aliphatic rings. The Morgan fingerprint density at radius 1 is 0.810 bits per heavy atom. The fourth-order valence-electron chi connectivity index (χ4n) is 4.54. The number of aliphatic hydroxyl groups excluding tert-OH is 5. The molecule has 0 spiro atoms. The van der Waals surface area contributed by atoms with E-state index >= 15 is 0 Å². The SMILES string of the molecule is CC1OC(OC2C(O)C(COC(=O)C=Cc3ccc(O)cc3)OC(OCCc3ccc(O)cc3)C2O)C(O)C(O)C1O. The van der Waals surface area contributed by atoms with Crippen molar-refractivity contribution in [3.05, 3.63) is 65.7 Å². The second-order valence-electron chi connectivity index (χ2n) is 10.1. The van der Waals surface area contributed by atoms with Gasteiger partial charge in [0.25, 0.3) is 0 Å². The zero-order valence-corrected chi connectivity index (χ0v) is 22.7. The first-order valence-corrected chi connectivity index (χ1v) is 13.4. The van der Waals surface area contributed by atoms with Gasteiger partial charge in [-0.15, -0.1) is 0 Å². The largest absolute Gasteiger partial charge is 0.508 e. The number of ether oxygens (including phenoxy) is 5. The van der Waals surface area contributed by atoms with Crippen LogP contribution in [0.15, 0.2) is 54.6 Å². The van der Waals surface area contributed by atoms with E-state index in [2.05, 4.69) is 0 Å². The number of carbonyl (C=O) groups is 1. The van der Waals surface area contributed by atoms with Gasteiger partial charge in [0.15, 0.2) is 12.6 Å². The van der Waals surface area contributed by atoms with Gasteiger partial charge >= 0.3 is 5.97 Å². The molecule has 0 amide bonds. The minimum Gasteiger partial charge on any atom is -0.508 e. The van der Waals surface area contributed by atoms with Crippen LogP contribution in [0.3, 0.4) is 0 Å². The molecule has 13 nitrogen and oxygen atoms in total. The van der Waals surface area contributed by atoms with Crippen LogP contribution in [0, 0.1) is 0 Å². The predicted octanol–water partition coefficient (Wildman–Crippen LogP) is -0.427. The van der Waals surface area contributed by atoms with Crippen LogP contribution in [0.2, 0.25) is 0 Å². The summed E-state index contributed by atoms with van der Waals surface area (Å²) < 4.78 is 27.9. The lowest BCUT2D eigenvalue weighted by Crippen LogP contribution is -2.64. The number of aliphatic hydroxyl groups is 5. The number of rotatable bonds is 10. The third kappa shape index (κ3) is 8.04. The van der Waals surface area contributed by atoms with Gasteiger partial charge in [-0.2, -0.15) is 0 Å². The van der Waals surface area contributed by atoms with Crippen LogP contribution in [0.1, 0.15) is 18.1 Å². The molecule has 0 bridgehead atoms. The van der Waals surface area contributed by atoms with Crippen molar-refractivity contribution in [2.24, 2.45) is 0 Å². The molecular formula is C29H36O13. The van der Waals surface area contributed by atoms with Crippen LogP contribution in [-0.4, -0.2) is 116 Å². The molecule has 2 aromatic rings. The highest BCUT2D eigenvalue weighted by Crippen LogP contribution is 2.30. The van der Waals surface area contributed by atoms with Crippen molar-refractivity contribution in [3.8, 4) is 11.5 Å². The van der Waals surface area contributed by atoms with Crippen LogP contribution < -0.4 is 0 Å². The molecule has 0 aromatic heterocycles. The lowest BCUT2D eigenvalue weighted by atomic mass is 9.97. The molecule has 4 rings (SSSR count). The molecule has 0 aliphatic carbocycles. The monoisotopic (exact) mass is 592 g/mol. The van der Waals surface area contributed by atoms with E-state index in [1.165, 1.54) is 37.3 Å². The molecule has 13 heteroatoms. The van der Waals surface area contributed by atoms with E-state index in [1.807, 2.05) is 0 Å². The van der Waals surface area contributed by atoms with Gasteiger partial charge in [0, 0.05) is 6.08 Å². The number of esters is 1. The van der Waals surface area contributed by atoms with Crippen LogP contribution in [0.25, 0.3) is 6.08 Å². The summed E-state index contributed by atoms with van der Waals surface area (Å²) in [5.41, 5.74) is 1.46. The van der Waals surface area contributed by atoms with Gasteiger partial charge in [-0.25, -0.2) is 4.79 Å². The van der Waals surface area contributed by atoms with E-state index in [4.69, 9.17) is 23.7 Å². The summed E-state index contributed by atoms with van der Waals surface area (Å²) in [5.74, 6) is -0.582. The topological polar surface area (TPSA) is 205 Å². The van der Waals surface area contributed by atoms with Gasteiger partial charge in [-0.3, -0.25) is 0 Å². The van der Waals surface area contributed by atoms with Gasteiger partial charge < -0.3 is 59.4 Å². The number of hydrogen-bond donors (Lipinski definition) is 7. The van der Waals surface area contributed by atoms with Gasteiger partial charge in [-0.05, 0) is 54.8 Å². The van der Waals surface area contributed by atoms with Crippen LogP contribution in [-0.2, 0) is 34.9 Å². The van der Waals surface area contributed by atoms with Crippen molar-refractivity contribution in [2.75, 3.05) is 13.2 Å². The zero-order valence-electron chi connectivity index (χ0n) is 22.7. The van der Waals surface area contributed by atoms with Crippen molar-refractivity contribution in [1.29, 1.82) is 0 Å². The Morgan fingerprint density at radius 3 is 2.12 bits per heavy atom. The lowest BCUT2D eigenvalue weighted by Gasteiger charge is -2.45. The van der Waals surface area contributed by atoms with Crippen molar-refractivity contribution in [2.45, 2.75) is 74.8 Å². The quantitative estimate of drug-likeness (QED) is 0.138. The third-order valence-electron chi connectivity index (χ3n) is 7.05. The van der Waals surface area contributed by atoms with E-state index in [9.17, 15) is 40.5 Å². The standard InChI is InChI=1S/C29H36O13/c1-15-22(33)24(35)25(36)29(40-15)42-27-23(34)20(14-39-21(32)11-6-16-2-7-18(30)8-3-16)41-28(26(27)37)38-13-12-17-4-9-19(31)10-5-17/h2-11,15,20,22-31,33-37H,12-14H2,1H3. The Bertz CT molecular complexity index is 1170. The van der Waals surface area contributed by atoms with Crippen molar-refractivity contribution < 1.29 is 64.2 Å². The Kier molecular flexibility index (Phi) is 10.9. The summed E-state index contributed by atoms with van der Waals surface area (Å²) in [4.78, 5) is 12.3. The van der Waals surface area contributed by atoms with E-state index in [0.29, 0.717) is 12.0 Å². The average Bonchev–Trinajstić information content (AvgIpc) is 2.97. The van der Waals surface area contributed by atoms with Crippen LogP contribution >= 0.6 is 0 Å². The molecule has 2 heterocycles. The fraction of sp³-hybridized carbons (Fsp3) is 0.483. The van der Waals surface area contributed by atoms with Crippen LogP contribution in [0.5, 0.6) is 11.5 Å². The molecule has 2 aromatic carbocycles. The maximum atomic E-state index is 12.3. The van der Waals surface area contributed by atoms with Crippen molar-refractivity contribution in [1.82, 2.24) is 0 Å². The normalized spacial score (nSPS) is 33.5. The number of phenols is 2. The van der Waals surface area contributed by atoms with Gasteiger partial charge in [-0.1, -0.05) is 24.3 Å². The Hall–Kier alpha value is -3.11. The van der Waals surface area contributed by atoms with Gasteiger partial charge in [0.2, 0.25) is 0 Å². The second-order valence-corrected chi connectivity index (χ2v) is 10.1. The molecule has 42 heavy (non-hydrogen) atoms. The van der Waals surface area contributed by atoms with Gasteiger partial charge in [0.1, 0.15) is 60.8 Å². The molecule has 2 aliphatic heterocycles. The Labute approximate surface area is 241 Å². The first-order valence-electron chi connectivity index (χ1n) is 13.4. The maximum Gasteiger partial charge on any atom is 0.330 e. The number of aromatic hydroxyl groups is 2. The molecule has 0 saturated carbocycles.